The van der Waals surface area contributed by atoms with Gasteiger partial charge in [0.1, 0.15) is 0 Å². The van der Waals surface area contributed by atoms with Crippen LogP contribution in [0, 0.1) is 0 Å². The molecule has 1 aromatic carbocycles. The van der Waals surface area contributed by atoms with Crippen molar-refractivity contribution in [3.8, 4) is 0 Å². The van der Waals surface area contributed by atoms with Gasteiger partial charge in [0, 0.05) is 5.54 Å². The van der Waals surface area contributed by atoms with Gasteiger partial charge in [0.15, 0.2) is 0 Å². The highest BCUT2D eigenvalue weighted by molar-refractivity contribution is 5.29. The number of halogens is 3. The molecule has 0 aliphatic rings. The minimum absolute atomic E-state index is 0.0233. The largest absolute Gasteiger partial charge is 0.416 e. The van der Waals surface area contributed by atoms with Crippen LogP contribution in [-0.2, 0) is 6.18 Å². The highest BCUT2D eigenvalue weighted by atomic mass is 19.4. The number of nitrogens with one attached hydrogen (secondary N) is 1. The maximum atomic E-state index is 12.7. The minimum atomic E-state index is -4.29. The molecule has 0 spiro atoms. The van der Waals surface area contributed by atoms with Gasteiger partial charge in [-0.2, -0.15) is 13.2 Å². The number of benzene rings is 1. The summed E-state index contributed by atoms with van der Waals surface area (Å²) in [5.41, 5.74) is 0.0999. The number of likely N-dealkylation sites (N-methyl/N-ethyl adjacent to an activating group) is 2. The quantitative estimate of drug-likeness (QED) is 0.851. The molecule has 0 saturated heterocycles. The van der Waals surface area contributed by atoms with E-state index in [9.17, 15) is 13.2 Å². The minimum Gasteiger partial charge on any atom is -0.309 e. The van der Waals surface area contributed by atoms with Crippen LogP contribution in [-0.4, -0.2) is 31.1 Å². The van der Waals surface area contributed by atoms with Crippen LogP contribution in [0.5, 0.6) is 0 Å². The zero-order chi connectivity index (χ0) is 16.3. The number of nitrogens with zero attached hydrogens (tertiary/aromatic N) is 1. The lowest BCUT2D eigenvalue weighted by Crippen LogP contribution is -2.51. The van der Waals surface area contributed by atoms with Crippen molar-refractivity contribution < 1.29 is 13.2 Å². The molecule has 0 aliphatic heterocycles. The van der Waals surface area contributed by atoms with Crippen molar-refractivity contribution in [2.24, 2.45) is 0 Å². The Morgan fingerprint density at radius 1 is 1.10 bits per heavy atom. The fourth-order valence-corrected chi connectivity index (χ4v) is 2.54. The average Bonchev–Trinajstić information content (AvgIpc) is 2.43. The molecule has 1 aromatic rings. The second kappa shape index (κ2) is 6.79. The van der Waals surface area contributed by atoms with Crippen LogP contribution in [0.3, 0.4) is 0 Å². The Balaban J connectivity index is 3.17. The van der Waals surface area contributed by atoms with Crippen LogP contribution in [0.4, 0.5) is 13.2 Å². The van der Waals surface area contributed by atoms with Crippen LogP contribution in [0.15, 0.2) is 24.3 Å². The maximum Gasteiger partial charge on any atom is 0.416 e. The highest BCUT2D eigenvalue weighted by Gasteiger charge is 2.36. The van der Waals surface area contributed by atoms with Crippen LogP contribution < -0.4 is 5.32 Å². The summed E-state index contributed by atoms with van der Waals surface area (Å²) >= 11 is 0. The summed E-state index contributed by atoms with van der Waals surface area (Å²) in [6.45, 7) is 6.98. The Morgan fingerprint density at radius 2 is 1.62 bits per heavy atom. The van der Waals surface area contributed by atoms with Crippen molar-refractivity contribution in [3.63, 3.8) is 0 Å². The fraction of sp³-hybridized carbons (Fsp3) is 0.625. The lowest BCUT2D eigenvalue weighted by atomic mass is 9.83. The molecule has 21 heavy (non-hydrogen) atoms. The maximum absolute atomic E-state index is 12.7. The van der Waals surface area contributed by atoms with E-state index in [2.05, 4.69) is 24.1 Å². The molecule has 0 aliphatic carbocycles. The van der Waals surface area contributed by atoms with Gasteiger partial charge in [-0.25, -0.2) is 0 Å². The smallest absolute Gasteiger partial charge is 0.309 e. The van der Waals surface area contributed by atoms with E-state index >= 15 is 0 Å². The van der Waals surface area contributed by atoms with Crippen molar-refractivity contribution in [1.29, 1.82) is 0 Å². The number of alkyl halides is 3. The first-order valence-electron chi connectivity index (χ1n) is 7.24. The molecule has 0 bridgehead atoms. The summed E-state index contributed by atoms with van der Waals surface area (Å²) in [4.78, 5) is 2.12. The van der Waals surface area contributed by atoms with Crippen molar-refractivity contribution >= 4 is 0 Å². The third kappa shape index (κ3) is 3.98. The Hall–Kier alpha value is -1.07. The molecular formula is C16H25F3N2. The van der Waals surface area contributed by atoms with E-state index in [-0.39, 0.29) is 11.6 Å². The van der Waals surface area contributed by atoms with Gasteiger partial charge < -0.3 is 10.2 Å². The van der Waals surface area contributed by atoms with Crippen molar-refractivity contribution in [2.75, 3.05) is 20.6 Å². The molecule has 0 saturated carbocycles. The van der Waals surface area contributed by atoms with Crippen LogP contribution >= 0.6 is 0 Å². The molecule has 0 radical (unpaired) electrons. The van der Waals surface area contributed by atoms with Crippen LogP contribution in [0.25, 0.3) is 0 Å². The summed E-state index contributed by atoms with van der Waals surface area (Å²) in [6.07, 6.45) is -3.40. The third-order valence-electron chi connectivity index (χ3n) is 4.34. The first-order valence-corrected chi connectivity index (χ1v) is 7.24. The summed E-state index contributed by atoms with van der Waals surface area (Å²) in [6, 6.07) is 5.45. The van der Waals surface area contributed by atoms with Crippen LogP contribution in [0.2, 0.25) is 0 Å². The number of rotatable bonds is 6. The van der Waals surface area contributed by atoms with Gasteiger partial charge in [-0.15, -0.1) is 0 Å². The Labute approximate surface area is 125 Å². The van der Waals surface area contributed by atoms with Gasteiger partial charge in [-0.3, -0.25) is 0 Å². The van der Waals surface area contributed by atoms with Gasteiger partial charge in [-0.05, 0) is 51.7 Å². The Kier molecular flexibility index (Phi) is 5.82. The molecule has 5 heteroatoms. The molecule has 2 atom stereocenters. The normalized spacial score (nSPS) is 16.8. The van der Waals surface area contributed by atoms with E-state index in [1.807, 2.05) is 21.0 Å². The monoisotopic (exact) mass is 302 g/mol. The lowest BCUT2D eigenvalue weighted by molar-refractivity contribution is -0.137. The first kappa shape index (κ1) is 18.0. The lowest BCUT2D eigenvalue weighted by Gasteiger charge is -2.43. The average molecular weight is 302 g/mol. The van der Waals surface area contributed by atoms with E-state index in [1.54, 1.807) is 12.1 Å². The predicted octanol–water partition coefficient (Wildman–Crippen LogP) is 4.09. The van der Waals surface area contributed by atoms with E-state index in [0.29, 0.717) is 0 Å². The van der Waals surface area contributed by atoms with E-state index < -0.39 is 11.7 Å². The first-order chi connectivity index (χ1) is 9.66. The summed E-state index contributed by atoms with van der Waals surface area (Å²) in [5.74, 6) is 0. The molecule has 0 aromatic heterocycles. The zero-order valence-corrected chi connectivity index (χ0v) is 13.4. The van der Waals surface area contributed by atoms with Gasteiger partial charge in [-0.1, -0.05) is 26.0 Å². The van der Waals surface area contributed by atoms with E-state index in [1.165, 1.54) is 0 Å². The molecule has 120 valence electrons. The molecule has 1 N–H and O–H groups in total. The summed E-state index contributed by atoms with van der Waals surface area (Å²) in [7, 11) is 4.00. The number of hydrogen-bond acceptors (Lipinski definition) is 2. The molecular weight excluding hydrogens is 277 g/mol. The van der Waals surface area contributed by atoms with Crippen LogP contribution in [0.1, 0.15) is 44.4 Å². The molecule has 0 amide bonds. The summed E-state index contributed by atoms with van der Waals surface area (Å²) < 4.78 is 38.0. The van der Waals surface area contributed by atoms with E-state index in [4.69, 9.17) is 0 Å². The summed E-state index contributed by atoms with van der Waals surface area (Å²) in [5, 5.41) is 3.41. The van der Waals surface area contributed by atoms with Crippen molar-refractivity contribution in [1.82, 2.24) is 10.2 Å². The molecule has 0 fully saturated rings. The van der Waals surface area contributed by atoms with Gasteiger partial charge >= 0.3 is 6.18 Å². The van der Waals surface area contributed by atoms with Gasteiger partial charge in [0.2, 0.25) is 0 Å². The standard InChI is InChI=1S/C16H25F3N2/c1-6-15(3,21(4)5)14(20-7-2)12-8-10-13(11-9-12)16(17,18)19/h8-11,14,20H,6-7H2,1-5H3. The van der Waals surface area contributed by atoms with Crippen molar-refractivity contribution in [3.05, 3.63) is 35.4 Å². The molecule has 1 rings (SSSR count). The third-order valence-corrected chi connectivity index (χ3v) is 4.34. The van der Waals surface area contributed by atoms with Gasteiger partial charge in [0.05, 0.1) is 11.6 Å². The topological polar surface area (TPSA) is 15.3 Å². The predicted molar refractivity (Wildman–Crippen MR) is 80.2 cm³/mol. The van der Waals surface area contributed by atoms with Gasteiger partial charge in [0.25, 0.3) is 0 Å². The highest BCUT2D eigenvalue weighted by Crippen LogP contribution is 2.35. The molecule has 2 unspecified atom stereocenters. The second-order valence-electron chi connectivity index (χ2n) is 5.72. The van der Waals surface area contributed by atoms with E-state index in [0.717, 1.165) is 30.7 Å². The SMILES string of the molecule is CCNC(c1ccc(C(F)(F)F)cc1)C(C)(CC)N(C)C. The fourth-order valence-electron chi connectivity index (χ4n) is 2.54. The number of hydrogen-bond donors (Lipinski definition) is 1. The molecule has 2 nitrogen and oxygen atoms in total. The zero-order valence-electron chi connectivity index (χ0n) is 13.4. The Bertz CT molecular complexity index is 440. The van der Waals surface area contributed by atoms with Crippen molar-refractivity contribution in [2.45, 2.75) is 44.9 Å². The second-order valence-corrected chi connectivity index (χ2v) is 5.72. The Morgan fingerprint density at radius 3 is 1.95 bits per heavy atom. The molecule has 0 heterocycles.